The van der Waals surface area contributed by atoms with Crippen molar-refractivity contribution in [2.45, 2.75) is 6.92 Å². The third-order valence-electron chi connectivity index (χ3n) is 4.53. The van der Waals surface area contributed by atoms with Crippen LogP contribution in [0.25, 0.3) is 22.7 Å². The van der Waals surface area contributed by atoms with Crippen LogP contribution in [-0.4, -0.2) is 15.9 Å². The van der Waals surface area contributed by atoms with Crippen LogP contribution in [0, 0.1) is 18.3 Å². The number of nitrogens with one attached hydrogen (secondary N) is 2. The molecule has 29 heavy (non-hydrogen) atoms. The maximum absolute atomic E-state index is 12.4. The molecule has 0 bridgehead atoms. The molecule has 2 N–H and O–H groups in total. The van der Waals surface area contributed by atoms with Crippen molar-refractivity contribution in [3.8, 4) is 6.07 Å². The van der Waals surface area contributed by atoms with Crippen LogP contribution in [0.2, 0.25) is 0 Å². The van der Waals surface area contributed by atoms with Gasteiger partial charge in [-0.05, 0) is 55.0 Å². The van der Waals surface area contributed by atoms with Gasteiger partial charge in [0.1, 0.15) is 11.9 Å². The quantitative estimate of drug-likeness (QED) is 0.480. The highest BCUT2D eigenvalue weighted by Crippen LogP contribution is 2.21. The number of carbonyl (C=O) groups excluding carboxylic acids is 1. The van der Waals surface area contributed by atoms with Gasteiger partial charge < -0.3 is 10.3 Å². The number of hydrogen-bond acceptors (Lipinski definition) is 3. The molecule has 140 valence electrons. The molecule has 0 fully saturated rings. The Balaban J connectivity index is 1.59. The number of benzene rings is 3. The Bertz CT molecular complexity index is 1230. The summed E-state index contributed by atoms with van der Waals surface area (Å²) in [5.41, 5.74) is 5.25. The van der Waals surface area contributed by atoms with Crippen LogP contribution >= 0.6 is 0 Å². The molecule has 0 aliphatic rings. The zero-order chi connectivity index (χ0) is 20.2. The molecular weight excluding hydrogens is 360 g/mol. The van der Waals surface area contributed by atoms with Crippen LogP contribution in [0.1, 0.15) is 27.3 Å². The Kier molecular flexibility index (Phi) is 4.91. The number of nitriles is 1. The molecule has 5 nitrogen and oxygen atoms in total. The van der Waals surface area contributed by atoms with E-state index in [4.69, 9.17) is 0 Å². The van der Waals surface area contributed by atoms with E-state index in [1.807, 2.05) is 67.6 Å². The number of imidazole rings is 1. The van der Waals surface area contributed by atoms with E-state index >= 15 is 0 Å². The number of carbonyl (C=O) groups is 1. The van der Waals surface area contributed by atoms with Gasteiger partial charge in [0, 0.05) is 11.3 Å². The van der Waals surface area contributed by atoms with Gasteiger partial charge in [-0.2, -0.15) is 5.26 Å². The van der Waals surface area contributed by atoms with Crippen molar-refractivity contribution in [1.29, 1.82) is 5.26 Å². The lowest BCUT2D eigenvalue weighted by Gasteiger charge is -2.06. The molecule has 0 atom stereocenters. The molecule has 0 radical (unpaired) electrons. The van der Waals surface area contributed by atoms with Crippen molar-refractivity contribution in [3.63, 3.8) is 0 Å². The zero-order valence-corrected chi connectivity index (χ0v) is 15.8. The van der Waals surface area contributed by atoms with E-state index in [2.05, 4.69) is 21.4 Å². The van der Waals surface area contributed by atoms with Gasteiger partial charge in [-0.3, -0.25) is 4.79 Å². The number of fused-ring (bicyclic) bond motifs is 1. The SMILES string of the molecule is Cc1ccc(C(=O)Nc2cccc(/C=C(\C#N)c3nc4ccccc4[nH]3)c2)cc1. The highest BCUT2D eigenvalue weighted by atomic mass is 16.1. The average Bonchev–Trinajstić information content (AvgIpc) is 3.17. The van der Waals surface area contributed by atoms with Crippen molar-refractivity contribution >= 4 is 34.3 Å². The molecule has 0 aliphatic carbocycles. The number of anilines is 1. The van der Waals surface area contributed by atoms with Gasteiger partial charge in [-0.15, -0.1) is 0 Å². The average molecular weight is 378 g/mol. The predicted molar refractivity (Wildman–Crippen MR) is 115 cm³/mol. The summed E-state index contributed by atoms with van der Waals surface area (Å²) < 4.78 is 0. The van der Waals surface area contributed by atoms with Gasteiger partial charge in [0.15, 0.2) is 0 Å². The summed E-state index contributed by atoms with van der Waals surface area (Å²) in [7, 11) is 0. The third kappa shape index (κ3) is 4.07. The first-order valence-corrected chi connectivity index (χ1v) is 9.17. The van der Waals surface area contributed by atoms with E-state index in [0.29, 0.717) is 22.6 Å². The van der Waals surface area contributed by atoms with Crippen molar-refractivity contribution in [2.75, 3.05) is 5.32 Å². The van der Waals surface area contributed by atoms with Crippen molar-refractivity contribution in [3.05, 3.63) is 95.3 Å². The van der Waals surface area contributed by atoms with Gasteiger partial charge in [-0.1, -0.05) is 42.0 Å². The lowest BCUT2D eigenvalue weighted by Crippen LogP contribution is -2.11. The number of allylic oxidation sites excluding steroid dienone is 1. The number of rotatable bonds is 4. The fraction of sp³-hybridized carbons (Fsp3) is 0.0417. The molecular formula is C24H18N4O. The summed E-state index contributed by atoms with van der Waals surface area (Å²) >= 11 is 0. The maximum atomic E-state index is 12.4. The van der Waals surface area contributed by atoms with E-state index in [1.54, 1.807) is 18.2 Å². The van der Waals surface area contributed by atoms with Crippen LogP contribution in [0.3, 0.4) is 0 Å². The lowest BCUT2D eigenvalue weighted by atomic mass is 10.1. The third-order valence-corrected chi connectivity index (χ3v) is 4.53. The van der Waals surface area contributed by atoms with E-state index in [0.717, 1.165) is 22.2 Å². The summed E-state index contributed by atoms with van der Waals surface area (Å²) in [5.74, 6) is 0.340. The second-order valence-electron chi connectivity index (χ2n) is 6.72. The number of nitrogens with zero attached hydrogens (tertiary/aromatic N) is 2. The molecule has 0 unspecified atom stereocenters. The van der Waals surface area contributed by atoms with Crippen molar-refractivity contribution < 1.29 is 4.79 Å². The Morgan fingerprint density at radius 2 is 1.86 bits per heavy atom. The number of H-pyrrole nitrogens is 1. The lowest BCUT2D eigenvalue weighted by molar-refractivity contribution is 0.102. The molecule has 0 spiro atoms. The summed E-state index contributed by atoms with van der Waals surface area (Å²) in [4.78, 5) is 20.1. The largest absolute Gasteiger partial charge is 0.337 e. The van der Waals surface area contributed by atoms with Gasteiger partial charge >= 0.3 is 0 Å². The summed E-state index contributed by atoms with van der Waals surface area (Å²) in [5, 5.41) is 12.5. The molecule has 1 aromatic heterocycles. The first-order chi connectivity index (χ1) is 14.1. The molecule has 5 heteroatoms. The van der Waals surface area contributed by atoms with E-state index < -0.39 is 0 Å². The van der Waals surface area contributed by atoms with E-state index in [-0.39, 0.29) is 5.91 Å². The van der Waals surface area contributed by atoms with Gasteiger partial charge in [0.05, 0.1) is 16.6 Å². The minimum atomic E-state index is -0.177. The molecule has 0 aliphatic heterocycles. The number of aromatic amines is 1. The van der Waals surface area contributed by atoms with Crippen LogP contribution in [-0.2, 0) is 0 Å². The number of aromatic nitrogens is 2. The second kappa shape index (κ2) is 7.83. The molecule has 1 amide bonds. The molecule has 4 rings (SSSR count). The molecule has 0 saturated carbocycles. The Labute approximate surface area is 168 Å². The topological polar surface area (TPSA) is 81.6 Å². The molecule has 1 heterocycles. The van der Waals surface area contributed by atoms with Crippen LogP contribution in [0.15, 0.2) is 72.8 Å². The Hall–Kier alpha value is -4.17. The highest BCUT2D eigenvalue weighted by Gasteiger charge is 2.09. The van der Waals surface area contributed by atoms with Crippen molar-refractivity contribution in [2.24, 2.45) is 0 Å². The number of para-hydroxylation sites is 2. The summed E-state index contributed by atoms with van der Waals surface area (Å²) in [6.07, 6.45) is 1.75. The minimum Gasteiger partial charge on any atom is -0.337 e. The van der Waals surface area contributed by atoms with E-state index in [1.165, 1.54) is 0 Å². The Morgan fingerprint density at radius 1 is 1.07 bits per heavy atom. The zero-order valence-electron chi connectivity index (χ0n) is 15.8. The monoisotopic (exact) mass is 378 g/mol. The number of hydrogen-bond donors (Lipinski definition) is 2. The number of aryl methyl sites for hydroxylation is 1. The predicted octanol–water partition coefficient (Wildman–Crippen LogP) is 5.19. The maximum Gasteiger partial charge on any atom is 0.255 e. The normalized spacial score (nSPS) is 11.2. The van der Waals surface area contributed by atoms with Crippen molar-refractivity contribution in [1.82, 2.24) is 9.97 Å². The minimum absolute atomic E-state index is 0.177. The molecule has 4 aromatic rings. The summed E-state index contributed by atoms with van der Waals surface area (Å²) in [6.45, 7) is 1.98. The van der Waals surface area contributed by atoms with Gasteiger partial charge in [0.25, 0.3) is 5.91 Å². The highest BCUT2D eigenvalue weighted by molar-refractivity contribution is 6.04. The van der Waals surface area contributed by atoms with Gasteiger partial charge in [0.2, 0.25) is 0 Å². The second-order valence-corrected chi connectivity index (χ2v) is 6.72. The molecule has 3 aromatic carbocycles. The van der Waals surface area contributed by atoms with Crippen LogP contribution in [0.4, 0.5) is 5.69 Å². The number of amides is 1. The van der Waals surface area contributed by atoms with E-state index in [9.17, 15) is 10.1 Å². The van der Waals surface area contributed by atoms with Crippen LogP contribution < -0.4 is 5.32 Å². The summed E-state index contributed by atoms with van der Waals surface area (Å²) in [6, 6.07) is 24.6. The fourth-order valence-corrected chi connectivity index (χ4v) is 3.02. The smallest absolute Gasteiger partial charge is 0.255 e. The first-order valence-electron chi connectivity index (χ1n) is 9.17. The fourth-order valence-electron chi connectivity index (χ4n) is 3.02. The Morgan fingerprint density at radius 3 is 2.62 bits per heavy atom. The van der Waals surface area contributed by atoms with Crippen LogP contribution in [0.5, 0.6) is 0 Å². The first kappa shape index (κ1) is 18.2. The standard InChI is InChI=1S/C24H18N4O/c1-16-9-11-18(12-10-16)24(29)26-20-6-4-5-17(14-20)13-19(15-25)23-27-21-7-2-3-8-22(21)28-23/h2-14H,1H3,(H,26,29)(H,27,28)/b19-13+. The van der Waals surface area contributed by atoms with Gasteiger partial charge in [-0.25, -0.2) is 4.98 Å². The molecule has 0 saturated heterocycles.